The largest absolute Gasteiger partial charge is 0.351 e. The summed E-state index contributed by atoms with van der Waals surface area (Å²) in [5, 5.41) is 14.4. The number of halogens is 1. The van der Waals surface area contributed by atoms with Gasteiger partial charge < -0.3 is 10.6 Å². The van der Waals surface area contributed by atoms with Crippen molar-refractivity contribution in [3.63, 3.8) is 0 Å². The summed E-state index contributed by atoms with van der Waals surface area (Å²) in [6.07, 6.45) is 0.936. The van der Waals surface area contributed by atoms with E-state index in [1.54, 1.807) is 18.2 Å². The van der Waals surface area contributed by atoms with Crippen LogP contribution in [-0.4, -0.2) is 22.6 Å². The molecule has 0 spiro atoms. The van der Waals surface area contributed by atoms with Crippen LogP contribution in [0.2, 0.25) is 5.02 Å². The molecule has 2 rings (SSSR count). The van der Waals surface area contributed by atoms with Gasteiger partial charge >= 0.3 is 0 Å². The standard InChI is InChI=1S/C16H19ClN4O/c1-11(2)9-10-18-16(22)14-7-8-15(21-20-14)19-13-6-4-3-5-12(13)17/h3-8,11H,9-10H2,1-2H3,(H,18,22)(H,19,21). The van der Waals surface area contributed by atoms with Crippen LogP contribution >= 0.6 is 11.6 Å². The summed E-state index contributed by atoms with van der Waals surface area (Å²) in [7, 11) is 0. The maximum absolute atomic E-state index is 11.9. The predicted molar refractivity (Wildman–Crippen MR) is 88.6 cm³/mol. The maximum Gasteiger partial charge on any atom is 0.271 e. The number of nitrogens with zero attached hydrogens (tertiary/aromatic N) is 2. The van der Waals surface area contributed by atoms with Crippen LogP contribution in [0.3, 0.4) is 0 Å². The Balaban J connectivity index is 1.95. The Morgan fingerprint density at radius 2 is 1.95 bits per heavy atom. The summed E-state index contributed by atoms with van der Waals surface area (Å²) in [5.41, 5.74) is 1.04. The van der Waals surface area contributed by atoms with Gasteiger partial charge in [0.05, 0.1) is 10.7 Å². The highest BCUT2D eigenvalue weighted by Gasteiger charge is 2.08. The van der Waals surface area contributed by atoms with E-state index in [4.69, 9.17) is 11.6 Å². The Labute approximate surface area is 135 Å². The molecule has 6 heteroatoms. The first-order valence-electron chi connectivity index (χ1n) is 7.19. The van der Waals surface area contributed by atoms with Crippen LogP contribution in [-0.2, 0) is 0 Å². The molecule has 0 atom stereocenters. The van der Waals surface area contributed by atoms with Gasteiger partial charge in [-0.15, -0.1) is 10.2 Å². The van der Waals surface area contributed by atoms with E-state index in [0.717, 1.165) is 12.1 Å². The minimum absolute atomic E-state index is 0.211. The average Bonchev–Trinajstić information content (AvgIpc) is 2.50. The van der Waals surface area contributed by atoms with Crippen LogP contribution in [0.1, 0.15) is 30.8 Å². The first kappa shape index (κ1) is 16.2. The normalized spacial score (nSPS) is 10.5. The molecule has 0 aliphatic heterocycles. The van der Waals surface area contributed by atoms with Gasteiger partial charge in [0, 0.05) is 6.54 Å². The second-order valence-electron chi connectivity index (χ2n) is 5.35. The van der Waals surface area contributed by atoms with E-state index < -0.39 is 0 Å². The van der Waals surface area contributed by atoms with E-state index in [9.17, 15) is 4.79 Å². The molecule has 5 nitrogen and oxygen atoms in total. The molecule has 0 saturated heterocycles. The van der Waals surface area contributed by atoms with Gasteiger partial charge in [-0.05, 0) is 36.6 Å². The number of para-hydroxylation sites is 1. The van der Waals surface area contributed by atoms with E-state index in [1.807, 2.05) is 18.2 Å². The lowest BCUT2D eigenvalue weighted by molar-refractivity contribution is 0.0946. The van der Waals surface area contributed by atoms with Gasteiger partial charge in [0.2, 0.25) is 0 Å². The molecule has 1 heterocycles. The molecule has 0 aliphatic carbocycles. The van der Waals surface area contributed by atoms with E-state index in [1.165, 1.54) is 0 Å². The van der Waals surface area contributed by atoms with E-state index >= 15 is 0 Å². The molecular formula is C16H19ClN4O. The molecule has 1 aromatic heterocycles. The van der Waals surface area contributed by atoms with Gasteiger partial charge in [0.25, 0.3) is 5.91 Å². The number of carbonyl (C=O) groups excluding carboxylic acids is 1. The Kier molecular flexibility index (Phi) is 5.72. The number of amides is 1. The SMILES string of the molecule is CC(C)CCNC(=O)c1ccc(Nc2ccccc2Cl)nn1. The van der Waals surface area contributed by atoms with Crippen molar-refractivity contribution < 1.29 is 4.79 Å². The topological polar surface area (TPSA) is 66.9 Å². The van der Waals surface area contributed by atoms with E-state index in [-0.39, 0.29) is 5.91 Å². The fourth-order valence-electron chi connectivity index (χ4n) is 1.79. The van der Waals surface area contributed by atoms with Gasteiger partial charge in [-0.2, -0.15) is 0 Å². The van der Waals surface area contributed by atoms with Crippen LogP contribution in [0.15, 0.2) is 36.4 Å². The second-order valence-corrected chi connectivity index (χ2v) is 5.75. The monoisotopic (exact) mass is 318 g/mol. The lowest BCUT2D eigenvalue weighted by atomic mass is 10.1. The summed E-state index contributed by atoms with van der Waals surface area (Å²) in [6, 6.07) is 10.7. The second kappa shape index (κ2) is 7.75. The summed E-state index contributed by atoms with van der Waals surface area (Å²) in [4.78, 5) is 11.9. The first-order chi connectivity index (χ1) is 10.6. The number of benzene rings is 1. The molecule has 0 fully saturated rings. The summed E-state index contributed by atoms with van der Waals surface area (Å²) >= 11 is 6.06. The molecule has 1 aromatic carbocycles. The van der Waals surface area contributed by atoms with Gasteiger partial charge in [0.15, 0.2) is 11.5 Å². The predicted octanol–water partition coefficient (Wildman–Crippen LogP) is 3.65. The molecule has 116 valence electrons. The molecule has 0 bridgehead atoms. The zero-order chi connectivity index (χ0) is 15.9. The number of carbonyl (C=O) groups is 1. The number of nitrogens with one attached hydrogen (secondary N) is 2. The summed E-state index contributed by atoms with van der Waals surface area (Å²) < 4.78 is 0. The van der Waals surface area contributed by atoms with Gasteiger partial charge in [-0.1, -0.05) is 37.6 Å². The minimum Gasteiger partial charge on any atom is -0.351 e. The first-order valence-corrected chi connectivity index (χ1v) is 7.57. The number of hydrogen-bond donors (Lipinski definition) is 2. The van der Waals surface area contributed by atoms with E-state index in [0.29, 0.717) is 29.0 Å². The fraction of sp³-hybridized carbons (Fsp3) is 0.312. The Morgan fingerprint density at radius 1 is 1.18 bits per heavy atom. The van der Waals surface area contributed by atoms with Crippen LogP contribution < -0.4 is 10.6 Å². The van der Waals surface area contributed by atoms with Crippen LogP contribution in [0.5, 0.6) is 0 Å². The van der Waals surface area contributed by atoms with Crippen LogP contribution in [0, 0.1) is 5.92 Å². The van der Waals surface area contributed by atoms with Gasteiger partial charge in [-0.25, -0.2) is 0 Å². The van der Waals surface area contributed by atoms with Crippen molar-refractivity contribution in [3.05, 3.63) is 47.1 Å². The number of anilines is 2. The quantitative estimate of drug-likeness (QED) is 0.853. The van der Waals surface area contributed by atoms with Crippen molar-refractivity contribution in [2.24, 2.45) is 5.92 Å². The smallest absolute Gasteiger partial charge is 0.271 e. The average molecular weight is 319 g/mol. The molecule has 0 unspecified atom stereocenters. The highest BCUT2D eigenvalue weighted by Crippen LogP contribution is 2.23. The molecule has 2 N–H and O–H groups in total. The lowest BCUT2D eigenvalue weighted by Gasteiger charge is -2.08. The lowest BCUT2D eigenvalue weighted by Crippen LogP contribution is -2.26. The Hall–Kier alpha value is -2.14. The zero-order valence-corrected chi connectivity index (χ0v) is 13.4. The molecule has 0 saturated carbocycles. The van der Waals surface area contributed by atoms with Crippen molar-refractivity contribution in [1.82, 2.24) is 15.5 Å². The highest BCUT2D eigenvalue weighted by atomic mass is 35.5. The van der Waals surface area contributed by atoms with Gasteiger partial charge in [-0.3, -0.25) is 4.79 Å². The fourth-order valence-corrected chi connectivity index (χ4v) is 1.97. The van der Waals surface area contributed by atoms with Crippen molar-refractivity contribution in [3.8, 4) is 0 Å². The molecular weight excluding hydrogens is 300 g/mol. The maximum atomic E-state index is 11.9. The van der Waals surface area contributed by atoms with Crippen molar-refractivity contribution in [2.45, 2.75) is 20.3 Å². The molecule has 0 radical (unpaired) electrons. The third-order valence-electron chi connectivity index (χ3n) is 3.04. The molecule has 0 aliphatic rings. The third kappa shape index (κ3) is 4.70. The van der Waals surface area contributed by atoms with Crippen molar-refractivity contribution in [2.75, 3.05) is 11.9 Å². The Morgan fingerprint density at radius 3 is 2.59 bits per heavy atom. The molecule has 2 aromatic rings. The number of aromatic nitrogens is 2. The Bertz CT molecular complexity index is 628. The van der Waals surface area contributed by atoms with Gasteiger partial charge in [0.1, 0.15) is 0 Å². The van der Waals surface area contributed by atoms with Crippen LogP contribution in [0.25, 0.3) is 0 Å². The summed E-state index contributed by atoms with van der Waals surface area (Å²) in [5.74, 6) is 0.873. The minimum atomic E-state index is -0.211. The third-order valence-corrected chi connectivity index (χ3v) is 3.37. The van der Waals surface area contributed by atoms with Crippen molar-refractivity contribution >= 4 is 29.0 Å². The molecule has 22 heavy (non-hydrogen) atoms. The van der Waals surface area contributed by atoms with Crippen LogP contribution in [0.4, 0.5) is 11.5 Å². The molecule has 1 amide bonds. The number of hydrogen-bond acceptors (Lipinski definition) is 4. The zero-order valence-electron chi connectivity index (χ0n) is 12.6. The highest BCUT2D eigenvalue weighted by molar-refractivity contribution is 6.33. The van der Waals surface area contributed by atoms with E-state index in [2.05, 4.69) is 34.7 Å². The number of rotatable bonds is 6. The van der Waals surface area contributed by atoms with Crippen molar-refractivity contribution in [1.29, 1.82) is 0 Å². The summed E-state index contributed by atoms with van der Waals surface area (Å²) in [6.45, 7) is 4.86.